The molecule has 0 N–H and O–H groups in total. The van der Waals surface area contributed by atoms with Crippen molar-refractivity contribution in [2.45, 2.75) is 20.4 Å². The monoisotopic (exact) mass is 261 g/mol. The fourth-order valence-corrected chi connectivity index (χ4v) is 2.59. The second-order valence-corrected chi connectivity index (χ2v) is 4.72. The minimum atomic E-state index is -0.205. The van der Waals surface area contributed by atoms with Gasteiger partial charge in [0.15, 0.2) is 5.52 Å². The van der Waals surface area contributed by atoms with Gasteiger partial charge in [0.2, 0.25) is 0 Å². The molecule has 3 heterocycles. The fraction of sp³-hybridized carbons (Fsp3) is 0.250. The zero-order valence-electron chi connectivity index (χ0n) is 10.0. The third-order valence-electron chi connectivity index (χ3n) is 2.85. The number of thiophene rings is 1. The number of hydrogen-bond acceptors (Lipinski definition) is 5. The standard InChI is InChI=1S/C12H11N3O2S/c1-3-15-12(16)11-9(7(2)17-14-11)10(13-15)8-4-5-18-6-8/h4-6H,3H2,1-2H3. The quantitative estimate of drug-likeness (QED) is 0.711. The Morgan fingerprint density at radius 1 is 1.50 bits per heavy atom. The summed E-state index contributed by atoms with van der Waals surface area (Å²) in [7, 11) is 0. The Labute approximate surface area is 107 Å². The maximum Gasteiger partial charge on any atom is 0.296 e. The summed E-state index contributed by atoms with van der Waals surface area (Å²) < 4.78 is 6.55. The summed E-state index contributed by atoms with van der Waals surface area (Å²) in [6.45, 7) is 4.19. The van der Waals surface area contributed by atoms with E-state index in [9.17, 15) is 4.79 Å². The van der Waals surface area contributed by atoms with Crippen molar-refractivity contribution in [1.29, 1.82) is 0 Å². The molecule has 0 saturated carbocycles. The van der Waals surface area contributed by atoms with Gasteiger partial charge in [-0.25, -0.2) is 4.68 Å². The molecular formula is C12H11N3O2S. The van der Waals surface area contributed by atoms with Crippen LogP contribution in [0.25, 0.3) is 22.2 Å². The number of nitrogens with zero attached hydrogens (tertiary/aromatic N) is 3. The number of aryl methyl sites for hydroxylation is 2. The molecule has 0 unspecified atom stereocenters. The van der Waals surface area contributed by atoms with Crippen LogP contribution in [-0.4, -0.2) is 14.9 Å². The number of rotatable bonds is 2. The van der Waals surface area contributed by atoms with Crippen LogP contribution in [0.4, 0.5) is 0 Å². The lowest BCUT2D eigenvalue weighted by Gasteiger charge is -2.04. The number of hydrogen-bond donors (Lipinski definition) is 0. The topological polar surface area (TPSA) is 60.9 Å². The molecule has 0 radical (unpaired) electrons. The largest absolute Gasteiger partial charge is 0.360 e. The van der Waals surface area contributed by atoms with E-state index >= 15 is 0 Å². The molecule has 5 nitrogen and oxygen atoms in total. The van der Waals surface area contributed by atoms with Crippen molar-refractivity contribution >= 4 is 22.2 Å². The zero-order chi connectivity index (χ0) is 12.7. The van der Waals surface area contributed by atoms with Crippen molar-refractivity contribution in [1.82, 2.24) is 14.9 Å². The Balaban J connectivity index is 2.47. The molecule has 3 aromatic heterocycles. The van der Waals surface area contributed by atoms with Crippen LogP contribution in [-0.2, 0) is 6.54 Å². The van der Waals surface area contributed by atoms with Crippen LogP contribution in [0.5, 0.6) is 0 Å². The van der Waals surface area contributed by atoms with Crippen LogP contribution in [0, 0.1) is 6.92 Å². The van der Waals surface area contributed by atoms with Crippen LogP contribution in [0.3, 0.4) is 0 Å². The Morgan fingerprint density at radius 3 is 3.00 bits per heavy atom. The molecule has 0 saturated heterocycles. The van der Waals surface area contributed by atoms with Crippen LogP contribution in [0.2, 0.25) is 0 Å². The normalized spacial score (nSPS) is 11.2. The van der Waals surface area contributed by atoms with Gasteiger partial charge in [0.25, 0.3) is 5.56 Å². The van der Waals surface area contributed by atoms with Gasteiger partial charge in [-0.15, -0.1) is 0 Å². The summed E-state index contributed by atoms with van der Waals surface area (Å²) in [5, 5.41) is 12.9. The summed E-state index contributed by atoms with van der Waals surface area (Å²) in [6, 6.07) is 1.98. The van der Waals surface area contributed by atoms with Gasteiger partial charge in [0.05, 0.1) is 5.39 Å². The maximum atomic E-state index is 12.1. The Kier molecular flexibility index (Phi) is 2.52. The Morgan fingerprint density at radius 2 is 2.33 bits per heavy atom. The van der Waals surface area contributed by atoms with Crippen molar-refractivity contribution in [3.8, 4) is 11.3 Å². The van der Waals surface area contributed by atoms with E-state index in [0.717, 1.165) is 11.3 Å². The first-order valence-electron chi connectivity index (χ1n) is 5.62. The second kappa shape index (κ2) is 4.06. The van der Waals surface area contributed by atoms with Crippen LogP contribution < -0.4 is 5.56 Å². The van der Waals surface area contributed by atoms with Gasteiger partial charge in [-0.2, -0.15) is 16.4 Å². The van der Waals surface area contributed by atoms with Gasteiger partial charge >= 0.3 is 0 Å². The molecule has 0 atom stereocenters. The first kappa shape index (κ1) is 11.2. The number of fused-ring (bicyclic) bond motifs is 1. The number of aromatic nitrogens is 3. The molecule has 0 spiro atoms. The minimum absolute atomic E-state index is 0.205. The summed E-state index contributed by atoms with van der Waals surface area (Å²) in [6.07, 6.45) is 0. The molecule has 0 fully saturated rings. The van der Waals surface area contributed by atoms with E-state index in [1.54, 1.807) is 18.3 Å². The van der Waals surface area contributed by atoms with Gasteiger partial charge in [-0.1, -0.05) is 5.16 Å². The van der Waals surface area contributed by atoms with Crippen molar-refractivity contribution in [2.24, 2.45) is 0 Å². The van der Waals surface area contributed by atoms with E-state index in [2.05, 4.69) is 10.3 Å². The van der Waals surface area contributed by atoms with Crippen molar-refractivity contribution in [2.75, 3.05) is 0 Å². The molecule has 3 rings (SSSR count). The van der Waals surface area contributed by atoms with Gasteiger partial charge in [-0.3, -0.25) is 4.79 Å². The highest BCUT2D eigenvalue weighted by Crippen LogP contribution is 2.28. The van der Waals surface area contributed by atoms with Crippen molar-refractivity contribution < 1.29 is 4.52 Å². The molecule has 0 aliphatic carbocycles. The first-order valence-corrected chi connectivity index (χ1v) is 6.56. The van der Waals surface area contributed by atoms with Gasteiger partial charge in [0.1, 0.15) is 11.5 Å². The maximum absolute atomic E-state index is 12.1. The molecule has 18 heavy (non-hydrogen) atoms. The molecular weight excluding hydrogens is 250 g/mol. The molecule has 0 aromatic carbocycles. The zero-order valence-corrected chi connectivity index (χ0v) is 10.8. The van der Waals surface area contributed by atoms with Crippen molar-refractivity contribution in [3.05, 3.63) is 32.9 Å². The summed E-state index contributed by atoms with van der Waals surface area (Å²) in [5.41, 5.74) is 1.89. The van der Waals surface area contributed by atoms with Gasteiger partial charge in [-0.05, 0) is 25.3 Å². The lowest BCUT2D eigenvalue weighted by Crippen LogP contribution is -2.22. The van der Waals surface area contributed by atoms with Gasteiger partial charge < -0.3 is 4.52 Å². The van der Waals surface area contributed by atoms with E-state index in [4.69, 9.17) is 4.52 Å². The second-order valence-electron chi connectivity index (χ2n) is 3.94. The molecule has 6 heteroatoms. The van der Waals surface area contributed by atoms with Crippen molar-refractivity contribution in [3.63, 3.8) is 0 Å². The molecule has 0 aliphatic rings. The SMILES string of the molecule is CCn1nc(-c2ccsc2)c2c(C)onc2c1=O. The Bertz CT molecular complexity index is 756. The molecule has 0 amide bonds. The van der Waals surface area contributed by atoms with E-state index in [1.165, 1.54) is 4.68 Å². The third-order valence-corrected chi connectivity index (χ3v) is 3.53. The average molecular weight is 261 g/mol. The smallest absolute Gasteiger partial charge is 0.296 e. The minimum Gasteiger partial charge on any atom is -0.360 e. The predicted octanol–water partition coefficient (Wildman–Crippen LogP) is 2.44. The van der Waals surface area contributed by atoms with Crippen LogP contribution in [0.1, 0.15) is 12.7 Å². The molecule has 3 aromatic rings. The van der Waals surface area contributed by atoms with E-state index in [0.29, 0.717) is 23.2 Å². The lowest BCUT2D eigenvalue weighted by molar-refractivity contribution is 0.405. The highest BCUT2D eigenvalue weighted by atomic mass is 32.1. The average Bonchev–Trinajstić information content (AvgIpc) is 3.01. The van der Waals surface area contributed by atoms with Crippen LogP contribution in [0.15, 0.2) is 26.1 Å². The molecule has 0 aliphatic heterocycles. The summed E-state index contributed by atoms with van der Waals surface area (Å²) >= 11 is 1.59. The van der Waals surface area contributed by atoms with Crippen LogP contribution >= 0.6 is 11.3 Å². The van der Waals surface area contributed by atoms with E-state index < -0.39 is 0 Å². The summed E-state index contributed by atoms with van der Waals surface area (Å²) in [4.78, 5) is 12.1. The highest BCUT2D eigenvalue weighted by molar-refractivity contribution is 7.08. The van der Waals surface area contributed by atoms with E-state index in [-0.39, 0.29) is 5.56 Å². The third kappa shape index (κ3) is 1.49. The summed E-state index contributed by atoms with van der Waals surface area (Å²) in [5.74, 6) is 0.624. The fourth-order valence-electron chi connectivity index (χ4n) is 1.95. The first-order chi connectivity index (χ1) is 8.72. The Hall–Kier alpha value is -1.95. The lowest BCUT2D eigenvalue weighted by atomic mass is 10.1. The predicted molar refractivity (Wildman–Crippen MR) is 69.8 cm³/mol. The molecule has 0 bridgehead atoms. The molecule has 92 valence electrons. The van der Waals surface area contributed by atoms with Gasteiger partial charge in [0, 0.05) is 17.5 Å². The van der Waals surface area contributed by atoms with E-state index in [1.807, 2.05) is 23.8 Å². The highest BCUT2D eigenvalue weighted by Gasteiger charge is 2.18.